The van der Waals surface area contributed by atoms with Crippen LogP contribution in [0.3, 0.4) is 0 Å². The third-order valence-electron chi connectivity index (χ3n) is 15.5. The second-order valence-electron chi connectivity index (χ2n) is 21.4. The average molecular weight is 1060 g/mol. The van der Waals surface area contributed by atoms with Crippen LogP contribution in [0.25, 0.3) is 0 Å². The minimum absolute atomic E-state index is 0.0476. The quantitative estimate of drug-likeness (QED) is 0.175. The molecule has 22 heteroatoms. The number of carbonyl (C=O) groups excluding carboxylic acids is 3. The molecule has 1 aromatic heterocycles. The van der Waals surface area contributed by atoms with Crippen LogP contribution in [0.2, 0.25) is 10.0 Å². The molecule has 0 aliphatic carbocycles. The number of esters is 1. The smallest absolute Gasteiger partial charge is 0.414 e. The first-order valence-electron chi connectivity index (χ1n) is 25.0. The van der Waals surface area contributed by atoms with Gasteiger partial charge in [-0.25, -0.2) is 9.48 Å². The Balaban J connectivity index is 1.23. The number of cyclic esters (lactones) is 2. The monoisotopic (exact) mass is 1060 g/mol. The van der Waals surface area contributed by atoms with E-state index >= 15 is 0 Å². The fourth-order valence-corrected chi connectivity index (χ4v) is 11.3. The third kappa shape index (κ3) is 12.8. The Bertz CT molecular complexity index is 2190. The molecule has 19 atom stereocenters. The first kappa shape index (κ1) is 58.2. The van der Waals surface area contributed by atoms with Crippen molar-refractivity contribution in [3.05, 3.63) is 40.1 Å². The van der Waals surface area contributed by atoms with Crippen molar-refractivity contribution >= 4 is 46.7 Å². The molecular formula is C50H77Cl2N5O15. The lowest BCUT2D eigenvalue weighted by Crippen LogP contribution is -2.61. The first-order chi connectivity index (χ1) is 33.6. The molecule has 6 rings (SSSR count). The van der Waals surface area contributed by atoms with Crippen molar-refractivity contribution in [1.29, 1.82) is 0 Å². The van der Waals surface area contributed by atoms with Gasteiger partial charge in [-0.2, -0.15) is 0 Å². The molecule has 4 aliphatic heterocycles. The fourth-order valence-electron chi connectivity index (χ4n) is 11.0. The van der Waals surface area contributed by atoms with Gasteiger partial charge in [-0.3, -0.25) is 14.5 Å². The van der Waals surface area contributed by atoms with E-state index in [0.29, 0.717) is 40.8 Å². The SMILES string of the molecule is CC[C@H]1OC(=O)[C@H](C)[C@@H](O[C@H]2C[C@@](C)(OC)[C@@H](O)[C@H](C)O2)[C@H](C)[C@@H](O[C@@H]2O[C@H](C)C[C@H](N(C)CCc3cn(C[C@H]4CN(c5ccc(Cl)c(Cl)c5)C(=O)O4)nn3)[C@H]2O)[C@](C)(O)C[C@@H](C)C(=O)[C@H](C)[C@@H](O)[C@]1(C)O. The number of hydrogen-bond donors (Lipinski definition) is 5. The number of aliphatic hydroxyl groups excluding tert-OH is 3. The first-order valence-corrected chi connectivity index (χ1v) is 25.8. The molecule has 4 saturated heterocycles. The second-order valence-corrected chi connectivity index (χ2v) is 22.2. The molecule has 4 aliphatic rings. The summed E-state index contributed by atoms with van der Waals surface area (Å²) < 4.78 is 45.0. The van der Waals surface area contributed by atoms with Crippen molar-refractivity contribution < 1.29 is 73.1 Å². The summed E-state index contributed by atoms with van der Waals surface area (Å²) in [5.41, 5.74) is -3.82. The van der Waals surface area contributed by atoms with Gasteiger partial charge < -0.3 is 63.6 Å². The van der Waals surface area contributed by atoms with E-state index in [0.717, 1.165) is 0 Å². The molecule has 4 fully saturated rings. The van der Waals surface area contributed by atoms with Gasteiger partial charge in [-0.15, -0.1) is 5.10 Å². The summed E-state index contributed by atoms with van der Waals surface area (Å²) in [6.07, 6.45) is -9.68. The standard InChI is InChI=1S/C50H77Cl2N5O15/c1-13-37-50(10,65)42(60)27(4)39(58)25(2)20-48(8,64)44(28(5)41(29(6)45(62)70-37)71-38-21-49(9,66-12)43(61)30(7)68-38)72-46-40(59)36(18-26(3)67-46)55(11)17-16-31-22-56(54-53-31)23-33-24-57(47(63)69-33)32-14-15-34(51)35(52)19-32/h14-15,19,22,25-30,33,36-38,40-44,46,59-61,64-65H,13,16-18,20-21,23-24H2,1-12H3/t25-,26-,27+,28+,29-,30+,33+,36+,37-,38+,40-,41+,42-,43+,44-,46+,48-,49-,50-/m1/s1. The van der Waals surface area contributed by atoms with Gasteiger partial charge in [0.25, 0.3) is 0 Å². The largest absolute Gasteiger partial charge is 0.459 e. The highest BCUT2D eigenvalue weighted by Crippen LogP contribution is 2.41. The topological polar surface area (TPSA) is 254 Å². The Morgan fingerprint density at radius 3 is 2.26 bits per heavy atom. The number of methoxy groups -OCH3 is 1. The minimum Gasteiger partial charge on any atom is -0.459 e. The summed E-state index contributed by atoms with van der Waals surface area (Å²) >= 11 is 12.3. The van der Waals surface area contributed by atoms with Crippen LogP contribution in [-0.4, -0.2) is 181 Å². The highest BCUT2D eigenvalue weighted by molar-refractivity contribution is 6.42. The fraction of sp³-hybridized carbons (Fsp3) is 0.780. The van der Waals surface area contributed by atoms with E-state index in [1.54, 1.807) is 70.6 Å². The van der Waals surface area contributed by atoms with Crippen LogP contribution in [-0.2, 0) is 55.7 Å². The number of anilines is 1. The predicted octanol–water partition coefficient (Wildman–Crippen LogP) is 4.32. The lowest BCUT2D eigenvalue weighted by Gasteiger charge is -2.49. The number of likely N-dealkylation sites (N-methyl/N-ethyl adjacent to an activating group) is 1. The van der Waals surface area contributed by atoms with Crippen molar-refractivity contribution in [2.24, 2.45) is 23.7 Å². The Labute approximate surface area is 432 Å². The number of carbonyl (C=O) groups is 3. The number of benzene rings is 1. The maximum absolute atomic E-state index is 14.4. The summed E-state index contributed by atoms with van der Waals surface area (Å²) in [5, 5.41) is 68.5. The lowest BCUT2D eigenvalue weighted by molar-refractivity contribution is -0.318. The maximum atomic E-state index is 14.4. The van der Waals surface area contributed by atoms with Crippen LogP contribution in [0, 0.1) is 23.7 Å². The number of aliphatic hydroxyl groups is 5. The van der Waals surface area contributed by atoms with E-state index < -0.39 is 132 Å². The van der Waals surface area contributed by atoms with E-state index in [9.17, 15) is 39.9 Å². The van der Waals surface area contributed by atoms with E-state index in [-0.39, 0.29) is 32.4 Å². The predicted molar refractivity (Wildman–Crippen MR) is 263 cm³/mol. The highest BCUT2D eigenvalue weighted by atomic mass is 35.5. The van der Waals surface area contributed by atoms with Gasteiger partial charge in [0.2, 0.25) is 0 Å². The van der Waals surface area contributed by atoms with Crippen molar-refractivity contribution in [2.45, 2.75) is 198 Å². The van der Waals surface area contributed by atoms with Gasteiger partial charge >= 0.3 is 12.1 Å². The summed E-state index contributed by atoms with van der Waals surface area (Å²) in [5.74, 6) is -5.34. The van der Waals surface area contributed by atoms with Gasteiger partial charge in [-0.1, -0.05) is 56.1 Å². The number of hydrogen-bond acceptors (Lipinski definition) is 18. The van der Waals surface area contributed by atoms with Crippen LogP contribution < -0.4 is 4.90 Å². The number of nitrogens with zero attached hydrogens (tertiary/aromatic N) is 5. The number of ether oxygens (including phenoxy) is 7. The molecule has 1 aromatic carbocycles. The molecule has 406 valence electrons. The van der Waals surface area contributed by atoms with Crippen LogP contribution in [0.15, 0.2) is 24.4 Å². The molecule has 5 heterocycles. The molecule has 0 saturated carbocycles. The number of halogens is 2. The number of rotatable bonds is 13. The molecule has 0 spiro atoms. The van der Waals surface area contributed by atoms with Crippen molar-refractivity contribution in [2.75, 3.05) is 32.1 Å². The van der Waals surface area contributed by atoms with Gasteiger partial charge in [0.1, 0.15) is 35.8 Å². The van der Waals surface area contributed by atoms with Crippen molar-refractivity contribution in [3.63, 3.8) is 0 Å². The average Bonchev–Trinajstić information content (AvgIpc) is 3.94. The number of ketones is 1. The zero-order valence-corrected chi connectivity index (χ0v) is 45.0. The molecule has 5 N–H and O–H groups in total. The molecule has 0 bridgehead atoms. The van der Waals surface area contributed by atoms with Crippen LogP contribution in [0.1, 0.15) is 101 Å². The molecular weight excluding hydrogens is 981 g/mol. The van der Waals surface area contributed by atoms with Gasteiger partial charge in [0, 0.05) is 62.2 Å². The number of aromatic nitrogens is 3. The van der Waals surface area contributed by atoms with Crippen molar-refractivity contribution in [3.8, 4) is 0 Å². The summed E-state index contributed by atoms with van der Waals surface area (Å²) in [7, 11) is 3.33. The van der Waals surface area contributed by atoms with Crippen LogP contribution in [0.4, 0.5) is 10.5 Å². The molecule has 20 nitrogen and oxygen atoms in total. The lowest BCUT2D eigenvalue weighted by atomic mass is 9.74. The van der Waals surface area contributed by atoms with Crippen molar-refractivity contribution in [1.82, 2.24) is 19.9 Å². The van der Waals surface area contributed by atoms with Crippen LogP contribution in [0.5, 0.6) is 0 Å². The van der Waals surface area contributed by atoms with Gasteiger partial charge in [-0.05, 0) is 86.1 Å². The Hall–Kier alpha value is -3.09. The summed E-state index contributed by atoms with van der Waals surface area (Å²) in [4.78, 5) is 44.7. The summed E-state index contributed by atoms with van der Waals surface area (Å²) in [6, 6.07) is 4.39. The number of amides is 1. The Kier molecular flexibility index (Phi) is 18.9. The highest BCUT2D eigenvalue weighted by Gasteiger charge is 2.54. The van der Waals surface area contributed by atoms with E-state index in [4.69, 9.17) is 56.4 Å². The Morgan fingerprint density at radius 2 is 1.61 bits per heavy atom. The van der Waals surface area contributed by atoms with Crippen LogP contribution >= 0.6 is 23.2 Å². The van der Waals surface area contributed by atoms with Gasteiger partial charge in [0.05, 0.1) is 76.5 Å². The number of Topliss-reactive ketones (excluding diaryl/α,β-unsaturated/α-hetero) is 1. The van der Waals surface area contributed by atoms with E-state index in [2.05, 4.69) is 10.3 Å². The normalized spacial score (nSPS) is 40.8. The zero-order chi connectivity index (χ0) is 53.4. The molecule has 0 unspecified atom stereocenters. The Morgan fingerprint density at radius 1 is 0.917 bits per heavy atom. The second kappa shape index (κ2) is 23.4. The molecule has 2 aromatic rings. The van der Waals surface area contributed by atoms with E-state index in [1.807, 2.05) is 18.9 Å². The molecule has 1 amide bonds. The molecule has 72 heavy (non-hydrogen) atoms. The minimum atomic E-state index is -2.04. The zero-order valence-electron chi connectivity index (χ0n) is 43.5. The third-order valence-corrected chi connectivity index (χ3v) is 16.2. The molecule has 0 radical (unpaired) electrons. The van der Waals surface area contributed by atoms with Gasteiger partial charge in [0.15, 0.2) is 12.6 Å². The van der Waals surface area contributed by atoms with E-state index in [1.165, 1.54) is 32.8 Å². The summed E-state index contributed by atoms with van der Waals surface area (Å²) in [6.45, 7) is 17.1. The maximum Gasteiger partial charge on any atom is 0.414 e.